The van der Waals surface area contributed by atoms with Crippen molar-refractivity contribution >= 4 is 11.9 Å². The standard InChI is InChI=1S/C16H23NO4/c1-10(2)14(16(20)21-11(3)4)17-9-12-5-7-13(8-6-12)15(18)19/h5-8,10-11,14,17H,9H2,1-4H3,(H,18,19)/t14-/m0/s1. The first-order chi connectivity index (χ1) is 9.81. The van der Waals surface area contributed by atoms with Crippen LogP contribution >= 0.6 is 0 Å². The van der Waals surface area contributed by atoms with Gasteiger partial charge in [0.05, 0.1) is 11.7 Å². The lowest BCUT2D eigenvalue weighted by atomic mass is 10.0. The van der Waals surface area contributed by atoms with Crippen LogP contribution in [0.25, 0.3) is 0 Å². The first-order valence-corrected chi connectivity index (χ1v) is 7.07. The van der Waals surface area contributed by atoms with E-state index in [0.717, 1.165) is 5.56 Å². The molecule has 1 atom stereocenters. The van der Waals surface area contributed by atoms with Gasteiger partial charge in [-0.05, 0) is 37.5 Å². The van der Waals surface area contributed by atoms with E-state index in [4.69, 9.17) is 9.84 Å². The Hall–Kier alpha value is -1.88. The van der Waals surface area contributed by atoms with Crippen LogP contribution in [-0.2, 0) is 16.1 Å². The summed E-state index contributed by atoms with van der Waals surface area (Å²) in [6, 6.07) is 6.20. The number of ether oxygens (including phenoxy) is 1. The maximum absolute atomic E-state index is 12.0. The van der Waals surface area contributed by atoms with Gasteiger partial charge in [-0.15, -0.1) is 0 Å². The van der Waals surface area contributed by atoms with Gasteiger partial charge in [0, 0.05) is 6.54 Å². The van der Waals surface area contributed by atoms with E-state index < -0.39 is 5.97 Å². The van der Waals surface area contributed by atoms with Crippen LogP contribution in [0.2, 0.25) is 0 Å². The molecule has 0 aliphatic carbocycles. The number of rotatable bonds is 7. The van der Waals surface area contributed by atoms with Gasteiger partial charge in [0.1, 0.15) is 6.04 Å². The maximum Gasteiger partial charge on any atom is 0.335 e. The zero-order chi connectivity index (χ0) is 16.0. The number of benzene rings is 1. The molecule has 0 saturated heterocycles. The summed E-state index contributed by atoms with van der Waals surface area (Å²) in [5, 5.41) is 12.0. The Bertz CT molecular complexity index is 480. The predicted molar refractivity (Wildman–Crippen MR) is 80.1 cm³/mol. The molecule has 0 saturated carbocycles. The van der Waals surface area contributed by atoms with E-state index in [9.17, 15) is 9.59 Å². The molecule has 0 aliphatic heterocycles. The summed E-state index contributed by atoms with van der Waals surface area (Å²) in [4.78, 5) is 22.8. The highest BCUT2D eigenvalue weighted by Gasteiger charge is 2.23. The number of carbonyl (C=O) groups excluding carboxylic acids is 1. The second kappa shape index (κ2) is 7.78. The third-order valence-electron chi connectivity index (χ3n) is 3.00. The molecule has 0 amide bonds. The minimum Gasteiger partial charge on any atom is -0.478 e. The van der Waals surface area contributed by atoms with Gasteiger partial charge in [-0.1, -0.05) is 26.0 Å². The molecule has 2 N–H and O–H groups in total. The Balaban J connectivity index is 2.64. The summed E-state index contributed by atoms with van der Waals surface area (Å²) in [6.07, 6.45) is -0.143. The normalized spacial score (nSPS) is 12.5. The van der Waals surface area contributed by atoms with Crippen molar-refractivity contribution < 1.29 is 19.4 Å². The second-order valence-electron chi connectivity index (χ2n) is 5.59. The van der Waals surface area contributed by atoms with Crippen LogP contribution in [-0.4, -0.2) is 29.2 Å². The topological polar surface area (TPSA) is 75.6 Å². The van der Waals surface area contributed by atoms with Crippen LogP contribution in [0.3, 0.4) is 0 Å². The van der Waals surface area contributed by atoms with Crippen molar-refractivity contribution in [1.29, 1.82) is 0 Å². The summed E-state index contributed by atoms with van der Waals surface area (Å²) in [5.74, 6) is -1.10. The summed E-state index contributed by atoms with van der Waals surface area (Å²) in [7, 11) is 0. The van der Waals surface area contributed by atoms with Crippen LogP contribution < -0.4 is 5.32 Å². The quantitative estimate of drug-likeness (QED) is 0.755. The number of hydrogen-bond donors (Lipinski definition) is 2. The second-order valence-corrected chi connectivity index (χ2v) is 5.59. The number of hydrogen-bond acceptors (Lipinski definition) is 4. The van der Waals surface area contributed by atoms with Crippen LogP contribution in [0.15, 0.2) is 24.3 Å². The Labute approximate surface area is 125 Å². The monoisotopic (exact) mass is 293 g/mol. The Morgan fingerprint density at radius 3 is 2.14 bits per heavy atom. The fourth-order valence-electron chi connectivity index (χ4n) is 1.89. The largest absolute Gasteiger partial charge is 0.478 e. The Kier molecular flexibility index (Phi) is 6.37. The van der Waals surface area contributed by atoms with Gasteiger partial charge in [-0.3, -0.25) is 4.79 Å². The molecule has 1 rings (SSSR count). The number of carbonyl (C=O) groups is 2. The highest BCUT2D eigenvalue weighted by Crippen LogP contribution is 2.09. The van der Waals surface area contributed by atoms with E-state index in [1.54, 1.807) is 24.3 Å². The summed E-state index contributed by atoms with van der Waals surface area (Å²) in [5.41, 5.74) is 1.17. The number of esters is 1. The fraction of sp³-hybridized carbons (Fsp3) is 0.500. The number of carboxylic acids is 1. The molecule has 0 spiro atoms. The van der Waals surface area contributed by atoms with Crippen molar-refractivity contribution in [3.8, 4) is 0 Å². The van der Waals surface area contributed by atoms with Crippen LogP contribution in [0, 0.1) is 5.92 Å². The molecule has 0 radical (unpaired) electrons. The first kappa shape index (κ1) is 17.2. The highest BCUT2D eigenvalue weighted by atomic mass is 16.5. The highest BCUT2D eigenvalue weighted by molar-refractivity contribution is 5.87. The van der Waals surface area contributed by atoms with Gasteiger partial charge in [0.2, 0.25) is 0 Å². The lowest BCUT2D eigenvalue weighted by Crippen LogP contribution is -2.42. The maximum atomic E-state index is 12.0. The fourth-order valence-corrected chi connectivity index (χ4v) is 1.89. The summed E-state index contributed by atoms with van der Waals surface area (Å²) in [6.45, 7) is 8.02. The molecule has 0 unspecified atom stereocenters. The van der Waals surface area contributed by atoms with E-state index in [0.29, 0.717) is 6.54 Å². The van der Waals surface area contributed by atoms with Crippen LogP contribution in [0.4, 0.5) is 0 Å². The SMILES string of the molecule is CC(C)OC(=O)[C@@H](NCc1ccc(C(=O)O)cc1)C(C)C. The molecule has 1 aromatic rings. The predicted octanol–water partition coefficient (Wildman–Crippen LogP) is 2.45. The summed E-state index contributed by atoms with van der Waals surface area (Å²) < 4.78 is 5.23. The van der Waals surface area contributed by atoms with Gasteiger partial charge >= 0.3 is 11.9 Å². The molecule has 21 heavy (non-hydrogen) atoms. The van der Waals surface area contributed by atoms with Crippen molar-refractivity contribution in [1.82, 2.24) is 5.32 Å². The Morgan fingerprint density at radius 1 is 1.14 bits per heavy atom. The van der Waals surface area contributed by atoms with Crippen molar-refractivity contribution in [2.24, 2.45) is 5.92 Å². The molecule has 5 nitrogen and oxygen atoms in total. The molecule has 116 valence electrons. The molecule has 5 heteroatoms. The summed E-state index contributed by atoms with van der Waals surface area (Å²) >= 11 is 0. The van der Waals surface area contributed by atoms with Crippen LogP contribution in [0.5, 0.6) is 0 Å². The smallest absolute Gasteiger partial charge is 0.335 e. The Morgan fingerprint density at radius 2 is 1.71 bits per heavy atom. The van der Waals surface area contributed by atoms with Gasteiger partial charge in [0.15, 0.2) is 0 Å². The van der Waals surface area contributed by atoms with E-state index in [-0.39, 0.29) is 29.6 Å². The van der Waals surface area contributed by atoms with Crippen LogP contribution in [0.1, 0.15) is 43.6 Å². The zero-order valence-electron chi connectivity index (χ0n) is 12.9. The molecule has 0 heterocycles. The molecule has 0 fully saturated rings. The van der Waals surface area contributed by atoms with Crippen molar-refractivity contribution in [2.45, 2.75) is 46.4 Å². The van der Waals surface area contributed by atoms with Crippen molar-refractivity contribution in [2.75, 3.05) is 0 Å². The average molecular weight is 293 g/mol. The minimum absolute atomic E-state index is 0.106. The number of carboxylic acid groups (broad SMARTS) is 1. The number of aromatic carboxylic acids is 1. The van der Waals surface area contributed by atoms with E-state index in [1.807, 2.05) is 27.7 Å². The van der Waals surface area contributed by atoms with Gasteiger partial charge in [0.25, 0.3) is 0 Å². The van der Waals surface area contributed by atoms with E-state index in [2.05, 4.69) is 5.32 Å². The lowest BCUT2D eigenvalue weighted by molar-refractivity contribution is -0.151. The minimum atomic E-state index is -0.949. The zero-order valence-corrected chi connectivity index (χ0v) is 12.9. The lowest BCUT2D eigenvalue weighted by Gasteiger charge is -2.22. The van der Waals surface area contributed by atoms with Gasteiger partial charge < -0.3 is 15.2 Å². The third kappa shape index (κ3) is 5.55. The third-order valence-corrected chi connectivity index (χ3v) is 3.00. The van der Waals surface area contributed by atoms with E-state index in [1.165, 1.54) is 0 Å². The van der Waals surface area contributed by atoms with Gasteiger partial charge in [-0.25, -0.2) is 4.79 Å². The van der Waals surface area contributed by atoms with Crippen molar-refractivity contribution in [3.63, 3.8) is 0 Å². The average Bonchev–Trinajstić information content (AvgIpc) is 2.38. The van der Waals surface area contributed by atoms with Gasteiger partial charge in [-0.2, -0.15) is 0 Å². The molecule has 0 aliphatic rings. The molecule has 1 aromatic carbocycles. The first-order valence-electron chi connectivity index (χ1n) is 7.07. The molecular weight excluding hydrogens is 270 g/mol. The molecule has 0 aromatic heterocycles. The molecular formula is C16H23NO4. The van der Waals surface area contributed by atoms with Crippen molar-refractivity contribution in [3.05, 3.63) is 35.4 Å². The van der Waals surface area contributed by atoms with E-state index >= 15 is 0 Å². The molecule has 0 bridgehead atoms. The number of nitrogens with one attached hydrogen (secondary N) is 1.